The molecule has 1 aliphatic carbocycles. The number of carboxylic acid groups (broad SMARTS) is 2. The molecule has 0 aromatic heterocycles. The van der Waals surface area contributed by atoms with Crippen molar-refractivity contribution >= 4 is 11.9 Å². The molecule has 1 heterocycles. The quantitative estimate of drug-likeness (QED) is 0.457. The number of carboxylic acids is 2. The molecule has 0 spiro atoms. The normalized spacial score (nSPS) is 33.2. The zero-order chi connectivity index (χ0) is 21.3. The van der Waals surface area contributed by atoms with Crippen molar-refractivity contribution in [3.63, 3.8) is 0 Å². The molecule has 168 valence electrons. The van der Waals surface area contributed by atoms with Gasteiger partial charge in [0.1, 0.15) is 0 Å². The van der Waals surface area contributed by atoms with Gasteiger partial charge in [-0.1, -0.05) is 12.8 Å². The van der Waals surface area contributed by atoms with Crippen molar-refractivity contribution in [1.82, 2.24) is 0 Å². The molecule has 10 nitrogen and oxygen atoms in total. The summed E-state index contributed by atoms with van der Waals surface area (Å²) in [4.78, 5) is 24.2. The molecule has 29 heavy (non-hydrogen) atoms. The van der Waals surface area contributed by atoms with E-state index >= 15 is 0 Å². The topological polar surface area (TPSA) is 164 Å². The van der Waals surface area contributed by atoms with E-state index < -0.39 is 35.0 Å². The van der Waals surface area contributed by atoms with E-state index in [1.807, 2.05) is 0 Å². The third-order valence-electron chi connectivity index (χ3n) is 5.98. The van der Waals surface area contributed by atoms with Crippen LogP contribution in [0.5, 0.6) is 0 Å². The van der Waals surface area contributed by atoms with Crippen LogP contribution in [0.2, 0.25) is 0 Å². The minimum atomic E-state index is -2.09. The molecule has 1 aliphatic heterocycles. The van der Waals surface area contributed by atoms with E-state index in [0.29, 0.717) is 32.7 Å². The maximum Gasteiger partial charge on any atom is 0.321 e. The van der Waals surface area contributed by atoms with Gasteiger partial charge in [-0.25, -0.2) is 0 Å². The van der Waals surface area contributed by atoms with E-state index in [4.69, 9.17) is 30.4 Å². The largest absolute Gasteiger partial charge is 0.480 e. The highest BCUT2D eigenvalue weighted by atomic mass is 16.6. The number of aliphatic carboxylic acids is 2. The molecule has 2 aliphatic rings. The Kier molecular flexibility index (Phi) is 9.25. The smallest absolute Gasteiger partial charge is 0.321 e. The van der Waals surface area contributed by atoms with E-state index in [0.717, 1.165) is 12.8 Å². The van der Waals surface area contributed by atoms with Gasteiger partial charge < -0.3 is 40.6 Å². The molecular weight excluding hydrogens is 384 g/mol. The summed E-state index contributed by atoms with van der Waals surface area (Å²) in [5.74, 6) is -2.88. The van der Waals surface area contributed by atoms with Crippen LogP contribution in [0.1, 0.15) is 38.5 Å². The van der Waals surface area contributed by atoms with Gasteiger partial charge in [-0.2, -0.15) is 0 Å². The van der Waals surface area contributed by atoms with Crippen molar-refractivity contribution in [2.75, 3.05) is 46.2 Å². The van der Waals surface area contributed by atoms with Crippen molar-refractivity contribution in [3.8, 4) is 0 Å². The van der Waals surface area contributed by atoms with Crippen molar-refractivity contribution in [1.29, 1.82) is 0 Å². The lowest BCUT2D eigenvalue weighted by atomic mass is 9.68. The van der Waals surface area contributed by atoms with Crippen LogP contribution in [0.25, 0.3) is 0 Å². The fourth-order valence-electron chi connectivity index (χ4n) is 3.99. The first-order valence-electron chi connectivity index (χ1n) is 10.2. The molecule has 2 fully saturated rings. The minimum Gasteiger partial charge on any atom is -0.480 e. The third kappa shape index (κ3) is 6.09. The molecule has 0 aromatic carbocycles. The number of hydrogen-bond acceptors (Lipinski definition) is 8. The lowest BCUT2D eigenvalue weighted by Gasteiger charge is -2.46. The van der Waals surface area contributed by atoms with Crippen molar-refractivity contribution in [2.45, 2.75) is 56.2 Å². The van der Waals surface area contributed by atoms with Gasteiger partial charge in [-0.05, 0) is 19.3 Å². The van der Waals surface area contributed by atoms with Crippen LogP contribution in [-0.4, -0.2) is 86.1 Å². The maximum absolute atomic E-state index is 12.1. The monoisotopic (exact) mass is 418 g/mol. The molecule has 3 atom stereocenters. The highest BCUT2D eigenvalue weighted by molar-refractivity contribution is 5.98. The molecule has 2 rings (SSSR count). The Hall–Kier alpha value is -1.30. The van der Waals surface area contributed by atoms with Gasteiger partial charge in [0, 0.05) is 19.1 Å². The first-order valence-corrected chi connectivity index (χ1v) is 10.2. The SMILES string of the molecule is N[C@@H]1CCCC[C@]1(N)C1CC(C(=O)O)(C(=O)O)CCOCCOCCOCCO1. The Labute approximate surface area is 170 Å². The summed E-state index contributed by atoms with van der Waals surface area (Å²) < 4.78 is 22.2. The van der Waals surface area contributed by atoms with Crippen LogP contribution < -0.4 is 11.5 Å². The van der Waals surface area contributed by atoms with Crippen LogP contribution in [0, 0.1) is 5.41 Å². The zero-order valence-electron chi connectivity index (χ0n) is 16.8. The van der Waals surface area contributed by atoms with Crippen LogP contribution in [0.4, 0.5) is 0 Å². The van der Waals surface area contributed by atoms with Gasteiger partial charge in [0.05, 0.1) is 51.3 Å². The van der Waals surface area contributed by atoms with Gasteiger partial charge in [-0.3, -0.25) is 9.59 Å². The van der Waals surface area contributed by atoms with E-state index in [1.54, 1.807) is 0 Å². The highest BCUT2D eigenvalue weighted by Crippen LogP contribution is 2.38. The van der Waals surface area contributed by atoms with Crippen LogP contribution in [-0.2, 0) is 28.5 Å². The molecule has 0 amide bonds. The van der Waals surface area contributed by atoms with Crippen LogP contribution >= 0.6 is 0 Å². The predicted octanol–water partition coefficient (Wildman–Crippen LogP) is -0.0304. The molecule has 0 aromatic rings. The second-order valence-corrected chi connectivity index (χ2v) is 7.81. The van der Waals surface area contributed by atoms with Gasteiger partial charge in [-0.15, -0.1) is 0 Å². The Bertz CT molecular complexity index is 532. The fraction of sp³-hybridized carbons (Fsp3) is 0.895. The molecule has 1 saturated heterocycles. The number of hydrogen-bond donors (Lipinski definition) is 4. The Morgan fingerprint density at radius 1 is 0.828 bits per heavy atom. The molecular formula is C19H34N2O8. The second-order valence-electron chi connectivity index (χ2n) is 7.81. The van der Waals surface area contributed by atoms with Crippen LogP contribution in [0.3, 0.4) is 0 Å². The summed E-state index contributed by atoms with van der Waals surface area (Å²) in [7, 11) is 0. The number of rotatable bonds is 3. The minimum absolute atomic E-state index is 0.0329. The summed E-state index contributed by atoms with van der Waals surface area (Å²) in [5, 5.41) is 19.7. The number of carbonyl (C=O) groups is 2. The van der Waals surface area contributed by atoms with Crippen molar-refractivity contribution in [3.05, 3.63) is 0 Å². The summed E-state index contributed by atoms with van der Waals surface area (Å²) >= 11 is 0. The molecule has 6 N–H and O–H groups in total. The van der Waals surface area contributed by atoms with Crippen molar-refractivity contribution in [2.24, 2.45) is 16.9 Å². The van der Waals surface area contributed by atoms with E-state index in [9.17, 15) is 19.8 Å². The summed E-state index contributed by atoms with van der Waals surface area (Å²) in [6.07, 6.45) is 1.64. The lowest BCUT2D eigenvalue weighted by Crippen LogP contribution is -2.66. The summed E-state index contributed by atoms with van der Waals surface area (Å²) in [6.45, 7) is 1.71. The van der Waals surface area contributed by atoms with Gasteiger partial charge in [0.15, 0.2) is 5.41 Å². The average molecular weight is 418 g/mol. The highest BCUT2D eigenvalue weighted by Gasteiger charge is 2.53. The zero-order valence-corrected chi connectivity index (χ0v) is 16.8. The Morgan fingerprint density at radius 2 is 1.38 bits per heavy atom. The van der Waals surface area contributed by atoms with E-state index in [-0.39, 0.29) is 39.3 Å². The van der Waals surface area contributed by atoms with Gasteiger partial charge in [0.25, 0.3) is 0 Å². The number of nitrogens with two attached hydrogens (primary N) is 2. The second kappa shape index (κ2) is 11.2. The standard InChI is InChI=1S/C19H34N2O8/c20-14-3-1-2-4-19(14,21)15-13-18(16(22)23,17(24)25)5-6-26-7-8-27-9-10-28-11-12-29-15/h14-15H,1-13,20-21H2,(H,22,23)(H,24,25)/t14-,15?,19-/m1/s1. The molecule has 10 heteroatoms. The first-order chi connectivity index (χ1) is 13.8. The number of ether oxygens (including phenoxy) is 4. The van der Waals surface area contributed by atoms with Gasteiger partial charge >= 0.3 is 11.9 Å². The first kappa shape index (κ1) is 24.0. The van der Waals surface area contributed by atoms with E-state index in [2.05, 4.69) is 0 Å². The van der Waals surface area contributed by atoms with Crippen molar-refractivity contribution < 1.29 is 38.7 Å². The molecule has 1 saturated carbocycles. The van der Waals surface area contributed by atoms with Gasteiger partial charge in [0.2, 0.25) is 0 Å². The summed E-state index contributed by atoms with van der Waals surface area (Å²) in [6, 6.07) is -0.408. The third-order valence-corrected chi connectivity index (χ3v) is 5.98. The Balaban J connectivity index is 2.29. The summed E-state index contributed by atoms with van der Waals surface area (Å²) in [5.41, 5.74) is 9.83. The average Bonchev–Trinajstić information content (AvgIpc) is 2.68. The fourth-order valence-corrected chi connectivity index (χ4v) is 3.99. The molecule has 0 radical (unpaired) electrons. The van der Waals surface area contributed by atoms with E-state index in [1.165, 1.54) is 0 Å². The Morgan fingerprint density at radius 3 is 1.93 bits per heavy atom. The lowest BCUT2D eigenvalue weighted by molar-refractivity contribution is -0.172. The predicted molar refractivity (Wildman–Crippen MR) is 102 cm³/mol. The molecule has 0 bridgehead atoms. The van der Waals surface area contributed by atoms with Crippen LogP contribution in [0.15, 0.2) is 0 Å². The maximum atomic E-state index is 12.1. The molecule has 1 unspecified atom stereocenters.